The number of hydrogen-bond donors (Lipinski definition) is 3. The molecule has 0 saturated heterocycles. The number of likely N-dealkylation sites (N-methyl/N-ethyl adjacent to an activating group) is 1. The highest BCUT2D eigenvalue weighted by atomic mass is 32.1. The molecule has 1 saturated carbocycles. The van der Waals surface area contributed by atoms with Gasteiger partial charge in [-0.25, -0.2) is 9.79 Å². The summed E-state index contributed by atoms with van der Waals surface area (Å²) in [5.74, 6) is -0.293. The Kier molecular flexibility index (Phi) is 10.8. The van der Waals surface area contributed by atoms with Crippen LogP contribution in [0.3, 0.4) is 0 Å². The van der Waals surface area contributed by atoms with Gasteiger partial charge in [-0.2, -0.15) is 0 Å². The summed E-state index contributed by atoms with van der Waals surface area (Å²) in [7, 11) is 3.49. The van der Waals surface area contributed by atoms with Crippen molar-refractivity contribution in [3.8, 4) is 0 Å². The van der Waals surface area contributed by atoms with E-state index in [9.17, 15) is 14.4 Å². The molecular formula is C26H39N5O4S2. The maximum Gasteiger partial charge on any atom is 0.410 e. The van der Waals surface area contributed by atoms with Gasteiger partial charge in [0, 0.05) is 50.0 Å². The average molecular weight is 550 g/mol. The van der Waals surface area contributed by atoms with Gasteiger partial charge < -0.3 is 25.2 Å². The number of anilines is 1. The van der Waals surface area contributed by atoms with E-state index >= 15 is 0 Å². The summed E-state index contributed by atoms with van der Waals surface area (Å²) in [6, 6.07) is -0.316. The number of thiol groups is 1. The van der Waals surface area contributed by atoms with Gasteiger partial charge in [-0.1, -0.05) is 18.7 Å². The van der Waals surface area contributed by atoms with Crippen molar-refractivity contribution in [3.63, 3.8) is 0 Å². The second-order valence-corrected chi connectivity index (χ2v) is 11.4. The Morgan fingerprint density at radius 2 is 1.95 bits per heavy atom. The number of nitrogens with one attached hydrogen (secondary N) is 2. The zero-order valence-electron chi connectivity index (χ0n) is 22.5. The Bertz CT molecular complexity index is 1040. The number of carbonyl (C=O) groups excluding carboxylic acids is 3. The molecule has 0 radical (unpaired) electrons. The third-order valence-electron chi connectivity index (χ3n) is 5.49. The largest absolute Gasteiger partial charge is 0.444 e. The number of amidine groups is 1. The maximum atomic E-state index is 13.1. The van der Waals surface area contributed by atoms with E-state index in [4.69, 9.17) is 4.74 Å². The Hall–Kier alpha value is -2.79. The number of thiophene rings is 1. The fourth-order valence-electron chi connectivity index (χ4n) is 3.49. The zero-order chi connectivity index (χ0) is 27.9. The number of aliphatic imine (C=N–C) groups is 1. The first-order valence-electron chi connectivity index (χ1n) is 12.2. The van der Waals surface area contributed by atoms with Crippen LogP contribution in [0.25, 0.3) is 6.08 Å². The SMILES string of the molecule is C=CCC(N=C(S)NC(=O)C1CC1)N(C)c1scc(C(=O)NC(C)CN(C)C(=O)OC(C)(C)C)c1C=C. The Labute approximate surface area is 229 Å². The van der Waals surface area contributed by atoms with E-state index in [0.717, 1.165) is 17.8 Å². The lowest BCUT2D eigenvalue weighted by Crippen LogP contribution is -2.44. The molecule has 37 heavy (non-hydrogen) atoms. The summed E-state index contributed by atoms with van der Waals surface area (Å²) < 4.78 is 5.37. The van der Waals surface area contributed by atoms with Gasteiger partial charge in [0.25, 0.3) is 5.91 Å². The van der Waals surface area contributed by atoms with Crippen molar-refractivity contribution in [1.82, 2.24) is 15.5 Å². The van der Waals surface area contributed by atoms with Crippen molar-refractivity contribution < 1.29 is 19.1 Å². The highest BCUT2D eigenvalue weighted by molar-refractivity contribution is 7.96. The van der Waals surface area contributed by atoms with Crippen LogP contribution in [-0.2, 0) is 9.53 Å². The van der Waals surface area contributed by atoms with Crippen LogP contribution in [0.5, 0.6) is 0 Å². The first-order chi connectivity index (χ1) is 17.3. The minimum atomic E-state index is -0.597. The van der Waals surface area contributed by atoms with E-state index in [1.165, 1.54) is 16.2 Å². The molecule has 0 aliphatic heterocycles. The molecule has 1 aliphatic rings. The molecular weight excluding hydrogens is 510 g/mol. The highest BCUT2D eigenvalue weighted by Crippen LogP contribution is 2.34. The van der Waals surface area contributed by atoms with Crippen LogP contribution in [0.1, 0.15) is 62.9 Å². The number of hydrogen-bond acceptors (Lipinski definition) is 7. The van der Waals surface area contributed by atoms with Crippen molar-refractivity contribution >= 4 is 58.1 Å². The molecule has 3 amide bonds. The summed E-state index contributed by atoms with van der Waals surface area (Å²) in [5.41, 5.74) is 0.549. The topological polar surface area (TPSA) is 103 Å². The molecule has 2 unspecified atom stereocenters. The second-order valence-electron chi connectivity index (χ2n) is 10.1. The standard InChI is InChI=1S/C26H39N5O4S2/c1-9-11-20(28-24(36)29-21(32)17-12-13-17)31(8)23-18(10-2)19(15-37-23)22(33)27-16(3)14-30(7)25(34)35-26(4,5)6/h9-10,15-17,20H,1-2,11-14H2,3-8H3,(H,27,33)(H2,28,29,32,36). The van der Waals surface area contributed by atoms with Crippen LogP contribution in [0, 0.1) is 5.92 Å². The first-order valence-corrected chi connectivity index (χ1v) is 13.5. The van der Waals surface area contributed by atoms with E-state index in [2.05, 4.69) is 41.4 Å². The minimum absolute atomic E-state index is 0.0463. The molecule has 0 bridgehead atoms. The Morgan fingerprint density at radius 1 is 1.30 bits per heavy atom. The summed E-state index contributed by atoms with van der Waals surface area (Å²) >= 11 is 5.75. The van der Waals surface area contributed by atoms with Gasteiger partial charge >= 0.3 is 6.09 Å². The van der Waals surface area contributed by atoms with Gasteiger partial charge in [-0.3, -0.25) is 9.59 Å². The molecule has 0 aromatic carbocycles. The highest BCUT2D eigenvalue weighted by Gasteiger charge is 2.30. The number of ether oxygens (including phenoxy) is 1. The van der Waals surface area contributed by atoms with Crippen molar-refractivity contribution in [1.29, 1.82) is 0 Å². The molecule has 2 rings (SSSR count). The quantitative estimate of drug-likeness (QED) is 0.163. The smallest absolute Gasteiger partial charge is 0.410 e. The predicted molar refractivity (Wildman–Crippen MR) is 154 cm³/mol. The predicted octanol–water partition coefficient (Wildman–Crippen LogP) is 4.53. The molecule has 1 aromatic rings. The monoisotopic (exact) mass is 549 g/mol. The molecule has 2 N–H and O–H groups in total. The molecule has 1 aliphatic carbocycles. The van der Waals surface area contributed by atoms with Gasteiger partial charge in [0.15, 0.2) is 5.17 Å². The van der Waals surface area contributed by atoms with Gasteiger partial charge in [-0.05, 0) is 40.5 Å². The normalized spacial score (nSPS) is 15.3. The number of rotatable bonds is 11. The van der Waals surface area contributed by atoms with Crippen molar-refractivity contribution in [2.45, 2.75) is 64.8 Å². The van der Waals surface area contributed by atoms with Crippen LogP contribution in [0.15, 0.2) is 29.6 Å². The Morgan fingerprint density at radius 3 is 2.49 bits per heavy atom. The van der Waals surface area contributed by atoms with E-state index < -0.39 is 11.7 Å². The Balaban J connectivity index is 2.12. The van der Waals surface area contributed by atoms with Crippen LogP contribution in [0.2, 0.25) is 0 Å². The summed E-state index contributed by atoms with van der Waals surface area (Å²) in [6.07, 6.45) is 4.82. The molecule has 1 fully saturated rings. The van der Waals surface area contributed by atoms with E-state index in [0.29, 0.717) is 17.5 Å². The average Bonchev–Trinajstić information content (AvgIpc) is 3.55. The van der Waals surface area contributed by atoms with Crippen molar-refractivity contribution in [2.24, 2.45) is 10.9 Å². The van der Waals surface area contributed by atoms with E-state index in [-0.39, 0.29) is 41.7 Å². The lowest BCUT2D eigenvalue weighted by molar-refractivity contribution is -0.120. The van der Waals surface area contributed by atoms with Crippen molar-refractivity contribution in [2.75, 3.05) is 25.5 Å². The van der Waals surface area contributed by atoms with Gasteiger partial charge in [0.05, 0.1) is 5.56 Å². The fourth-order valence-corrected chi connectivity index (χ4v) is 4.80. The van der Waals surface area contributed by atoms with Crippen LogP contribution < -0.4 is 15.5 Å². The van der Waals surface area contributed by atoms with Crippen LogP contribution in [0.4, 0.5) is 9.80 Å². The lowest BCUT2D eigenvalue weighted by Gasteiger charge is -2.27. The molecule has 9 nitrogen and oxygen atoms in total. The van der Waals surface area contributed by atoms with Gasteiger partial charge in [0.2, 0.25) is 5.91 Å². The van der Waals surface area contributed by atoms with E-state index in [1.807, 2.05) is 18.9 Å². The maximum absolute atomic E-state index is 13.1. The zero-order valence-corrected chi connectivity index (χ0v) is 24.2. The van der Waals surface area contributed by atoms with Gasteiger partial charge in [-0.15, -0.1) is 30.5 Å². The lowest BCUT2D eigenvalue weighted by atomic mass is 10.1. The second kappa shape index (κ2) is 13.1. The molecule has 1 aromatic heterocycles. The van der Waals surface area contributed by atoms with Crippen LogP contribution in [-0.4, -0.2) is 66.4 Å². The minimum Gasteiger partial charge on any atom is -0.444 e. The first kappa shape index (κ1) is 30.4. The molecule has 0 spiro atoms. The fraction of sp³-hybridized carbons (Fsp3) is 0.538. The van der Waals surface area contributed by atoms with Crippen LogP contribution >= 0.6 is 24.0 Å². The summed E-state index contributed by atoms with van der Waals surface area (Å²) in [6.45, 7) is 15.3. The van der Waals surface area contributed by atoms with E-state index in [1.54, 1.807) is 45.4 Å². The van der Waals surface area contributed by atoms with Crippen molar-refractivity contribution in [3.05, 3.63) is 35.7 Å². The number of amides is 3. The third kappa shape index (κ3) is 9.23. The summed E-state index contributed by atoms with van der Waals surface area (Å²) in [5, 5.41) is 8.50. The molecule has 1 heterocycles. The molecule has 11 heteroatoms. The van der Waals surface area contributed by atoms with Gasteiger partial charge in [0.1, 0.15) is 16.8 Å². The molecule has 2 atom stereocenters. The third-order valence-corrected chi connectivity index (χ3v) is 6.80. The molecule has 204 valence electrons. The summed E-state index contributed by atoms with van der Waals surface area (Å²) in [4.78, 5) is 45.3. The number of carbonyl (C=O) groups is 3. The number of nitrogens with zero attached hydrogens (tertiary/aromatic N) is 3.